The zero-order valence-corrected chi connectivity index (χ0v) is 7.49. The lowest BCUT2D eigenvalue weighted by atomic mass is 10.1. The van der Waals surface area contributed by atoms with E-state index in [9.17, 15) is 4.79 Å². The van der Waals surface area contributed by atoms with Crippen molar-refractivity contribution in [2.75, 3.05) is 13.1 Å². The summed E-state index contributed by atoms with van der Waals surface area (Å²) in [4.78, 5) is 13.6. The molecule has 1 aliphatic rings. The maximum Gasteiger partial charge on any atom is 0.257 e. The second kappa shape index (κ2) is 3.60. The van der Waals surface area contributed by atoms with Crippen LogP contribution in [0.1, 0.15) is 29.6 Å². The molecule has 0 aliphatic carbocycles. The summed E-state index contributed by atoms with van der Waals surface area (Å²) in [5.41, 5.74) is 0.668. The minimum atomic E-state index is 0.105. The first-order valence-electron chi connectivity index (χ1n) is 4.66. The second-order valence-electron chi connectivity index (χ2n) is 3.34. The molecule has 2 heterocycles. The van der Waals surface area contributed by atoms with Crippen molar-refractivity contribution in [3.05, 3.63) is 18.0 Å². The predicted molar refractivity (Wildman–Crippen MR) is 48.3 cm³/mol. The first-order valence-corrected chi connectivity index (χ1v) is 4.66. The maximum absolute atomic E-state index is 11.7. The zero-order chi connectivity index (χ0) is 9.10. The number of hydrogen-bond donors (Lipinski definition) is 1. The van der Waals surface area contributed by atoms with Gasteiger partial charge in [-0.25, -0.2) is 0 Å². The molecule has 4 heteroatoms. The van der Waals surface area contributed by atoms with Crippen LogP contribution < -0.4 is 0 Å². The molecule has 2 rings (SSSR count). The summed E-state index contributed by atoms with van der Waals surface area (Å²) in [5.74, 6) is 0.105. The summed E-state index contributed by atoms with van der Waals surface area (Å²) in [6, 6.07) is 0. The number of hydrogen-bond acceptors (Lipinski definition) is 2. The maximum atomic E-state index is 11.7. The van der Waals surface area contributed by atoms with Crippen LogP contribution in [0.5, 0.6) is 0 Å². The molecule has 1 fully saturated rings. The van der Waals surface area contributed by atoms with Gasteiger partial charge in [0.1, 0.15) is 0 Å². The number of rotatable bonds is 1. The zero-order valence-electron chi connectivity index (χ0n) is 7.49. The van der Waals surface area contributed by atoms with Crippen LogP contribution in [0.3, 0.4) is 0 Å². The molecule has 0 aromatic carbocycles. The van der Waals surface area contributed by atoms with Crippen LogP contribution in [0.25, 0.3) is 0 Å². The average molecular weight is 179 g/mol. The van der Waals surface area contributed by atoms with Gasteiger partial charge in [-0.1, -0.05) is 0 Å². The summed E-state index contributed by atoms with van der Waals surface area (Å²) >= 11 is 0. The fraction of sp³-hybridized carbons (Fsp3) is 0.556. The van der Waals surface area contributed by atoms with Gasteiger partial charge in [0.05, 0.1) is 11.8 Å². The van der Waals surface area contributed by atoms with E-state index in [-0.39, 0.29) is 5.91 Å². The third kappa shape index (κ3) is 1.71. The van der Waals surface area contributed by atoms with Gasteiger partial charge in [0, 0.05) is 19.3 Å². The van der Waals surface area contributed by atoms with Crippen molar-refractivity contribution in [2.24, 2.45) is 0 Å². The lowest BCUT2D eigenvalue weighted by molar-refractivity contribution is 0.0724. The Kier molecular flexibility index (Phi) is 2.29. The summed E-state index contributed by atoms with van der Waals surface area (Å²) in [6.07, 6.45) is 6.73. The third-order valence-corrected chi connectivity index (χ3v) is 2.39. The highest BCUT2D eigenvalue weighted by Gasteiger charge is 2.18. The van der Waals surface area contributed by atoms with Gasteiger partial charge < -0.3 is 4.90 Å². The van der Waals surface area contributed by atoms with Gasteiger partial charge in [0.15, 0.2) is 0 Å². The first-order chi connectivity index (χ1) is 6.38. The van der Waals surface area contributed by atoms with Crippen molar-refractivity contribution >= 4 is 5.91 Å². The van der Waals surface area contributed by atoms with Crippen LogP contribution in [0, 0.1) is 0 Å². The lowest BCUT2D eigenvalue weighted by Gasteiger charge is -2.26. The molecule has 13 heavy (non-hydrogen) atoms. The molecule has 0 bridgehead atoms. The number of aromatic nitrogens is 2. The summed E-state index contributed by atoms with van der Waals surface area (Å²) in [6.45, 7) is 1.79. The van der Waals surface area contributed by atoms with E-state index in [1.54, 1.807) is 12.4 Å². The van der Waals surface area contributed by atoms with E-state index in [0.717, 1.165) is 25.9 Å². The Morgan fingerprint density at radius 2 is 2.15 bits per heavy atom. The highest BCUT2D eigenvalue weighted by atomic mass is 16.2. The van der Waals surface area contributed by atoms with Crippen LogP contribution >= 0.6 is 0 Å². The number of nitrogens with one attached hydrogen (secondary N) is 1. The van der Waals surface area contributed by atoms with Crippen molar-refractivity contribution in [3.63, 3.8) is 0 Å². The molecule has 1 amide bonds. The van der Waals surface area contributed by atoms with Gasteiger partial charge >= 0.3 is 0 Å². The smallest absolute Gasteiger partial charge is 0.257 e. The number of aromatic amines is 1. The monoisotopic (exact) mass is 179 g/mol. The normalized spacial score (nSPS) is 17.4. The minimum Gasteiger partial charge on any atom is -0.339 e. The van der Waals surface area contributed by atoms with Crippen LogP contribution in [-0.4, -0.2) is 34.1 Å². The molecule has 0 unspecified atom stereocenters. The SMILES string of the molecule is O=C(c1cn[nH]c1)N1CCCCC1. The predicted octanol–water partition coefficient (Wildman–Crippen LogP) is 1.04. The molecule has 1 aromatic rings. The summed E-state index contributed by atoms with van der Waals surface area (Å²) < 4.78 is 0. The lowest BCUT2D eigenvalue weighted by Crippen LogP contribution is -2.35. The third-order valence-electron chi connectivity index (χ3n) is 2.39. The van der Waals surface area contributed by atoms with E-state index in [1.165, 1.54) is 6.42 Å². The standard InChI is InChI=1S/C9H13N3O/c13-9(8-6-10-11-7-8)12-4-2-1-3-5-12/h6-7H,1-5H2,(H,10,11). The molecule has 0 atom stereocenters. The number of likely N-dealkylation sites (tertiary alicyclic amines) is 1. The van der Waals surface area contributed by atoms with Crippen LogP contribution in [0.15, 0.2) is 12.4 Å². The van der Waals surface area contributed by atoms with E-state index in [4.69, 9.17) is 0 Å². The van der Waals surface area contributed by atoms with Crippen molar-refractivity contribution in [1.82, 2.24) is 15.1 Å². The fourth-order valence-electron chi connectivity index (χ4n) is 1.65. The van der Waals surface area contributed by atoms with Crippen molar-refractivity contribution in [3.8, 4) is 0 Å². The van der Waals surface area contributed by atoms with Crippen LogP contribution in [0.4, 0.5) is 0 Å². The van der Waals surface area contributed by atoms with Crippen molar-refractivity contribution < 1.29 is 4.79 Å². The van der Waals surface area contributed by atoms with Gasteiger partial charge in [-0.05, 0) is 19.3 Å². The number of piperidine rings is 1. The molecular formula is C9H13N3O. The van der Waals surface area contributed by atoms with E-state index in [0.29, 0.717) is 5.56 Å². The Labute approximate surface area is 76.9 Å². The van der Waals surface area contributed by atoms with Gasteiger partial charge in [-0.15, -0.1) is 0 Å². The van der Waals surface area contributed by atoms with E-state index in [2.05, 4.69) is 10.2 Å². The van der Waals surface area contributed by atoms with E-state index >= 15 is 0 Å². The Morgan fingerprint density at radius 1 is 1.38 bits per heavy atom. The largest absolute Gasteiger partial charge is 0.339 e. The van der Waals surface area contributed by atoms with Gasteiger partial charge in [0.2, 0.25) is 0 Å². The van der Waals surface area contributed by atoms with E-state index < -0.39 is 0 Å². The molecule has 0 spiro atoms. The van der Waals surface area contributed by atoms with Gasteiger partial charge in [-0.2, -0.15) is 5.10 Å². The Hall–Kier alpha value is -1.32. The van der Waals surface area contributed by atoms with Crippen LogP contribution in [0.2, 0.25) is 0 Å². The molecule has 1 saturated heterocycles. The van der Waals surface area contributed by atoms with Gasteiger partial charge in [-0.3, -0.25) is 9.89 Å². The van der Waals surface area contributed by atoms with E-state index in [1.807, 2.05) is 4.90 Å². The van der Waals surface area contributed by atoms with Crippen molar-refractivity contribution in [1.29, 1.82) is 0 Å². The van der Waals surface area contributed by atoms with Crippen molar-refractivity contribution in [2.45, 2.75) is 19.3 Å². The quantitative estimate of drug-likeness (QED) is 0.700. The number of carbonyl (C=O) groups excluding carboxylic acids is 1. The highest BCUT2D eigenvalue weighted by Crippen LogP contribution is 2.11. The molecule has 1 aliphatic heterocycles. The molecule has 1 aromatic heterocycles. The Bertz CT molecular complexity index is 275. The molecule has 70 valence electrons. The summed E-state index contributed by atoms with van der Waals surface area (Å²) in [7, 11) is 0. The van der Waals surface area contributed by atoms with Crippen LogP contribution in [-0.2, 0) is 0 Å². The number of amides is 1. The number of carbonyl (C=O) groups is 1. The fourth-order valence-corrected chi connectivity index (χ4v) is 1.65. The molecule has 4 nitrogen and oxygen atoms in total. The molecular weight excluding hydrogens is 166 g/mol. The molecule has 1 N–H and O–H groups in total. The highest BCUT2D eigenvalue weighted by molar-refractivity contribution is 5.93. The number of H-pyrrole nitrogens is 1. The topological polar surface area (TPSA) is 49.0 Å². The Morgan fingerprint density at radius 3 is 2.77 bits per heavy atom. The number of nitrogens with zero attached hydrogens (tertiary/aromatic N) is 2. The Balaban J connectivity index is 2.04. The first kappa shape index (κ1) is 8.29. The molecule has 0 radical (unpaired) electrons. The second-order valence-corrected chi connectivity index (χ2v) is 3.34. The molecule has 0 saturated carbocycles. The minimum absolute atomic E-state index is 0.105. The summed E-state index contributed by atoms with van der Waals surface area (Å²) in [5, 5.41) is 6.42. The average Bonchev–Trinajstić information content (AvgIpc) is 2.71. The van der Waals surface area contributed by atoms with Gasteiger partial charge in [0.25, 0.3) is 5.91 Å².